The van der Waals surface area contributed by atoms with Crippen molar-refractivity contribution in [3.8, 4) is 0 Å². The minimum atomic E-state index is -4.30. The number of amides is 1. The number of halogens is 3. The zero-order chi connectivity index (χ0) is 14.8. The molecule has 0 spiro atoms. The predicted molar refractivity (Wildman–Crippen MR) is 61.9 cm³/mol. The van der Waals surface area contributed by atoms with Crippen LogP contribution in [0.5, 0.6) is 0 Å². The van der Waals surface area contributed by atoms with E-state index in [0.29, 0.717) is 5.89 Å². The molecule has 0 saturated carbocycles. The molecule has 2 rings (SSSR count). The molecule has 0 bridgehead atoms. The molecule has 112 valence electrons. The van der Waals surface area contributed by atoms with Crippen LogP contribution in [0.15, 0.2) is 4.52 Å². The lowest BCUT2D eigenvalue weighted by Gasteiger charge is -2.15. The summed E-state index contributed by atoms with van der Waals surface area (Å²) in [6.07, 6.45) is -3.56. The molecule has 1 aliphatic heterocycles. The second-order valence-corrected chi connectivity index (χ2v) is 4.70. The Morgan fingerprint density at radius 2 is 2.30 bits per heavy atom. The normalized spacial score (nSPS) is 19.3. The standard InChI is InChI=1S/C11H15F3N4O2/c1-18(6-4-11(12,13)14)10(19)8-16-9(20-17-8)7-3-2-5-15-7/h7,15H,2-6H2,1H3. The van der Waals surface area contributed by atoms with Gasteiger partial charge in [0.2, 0.25) is 5.89 Å². The highest BCUT2D eigenvalue weighted by molar-refractivity contribution is 5.90. The lowest BCUT2D eigenvalue weighted by atomic mass is 10.2. The van der Waals surface area contributed by atoms with Crippen LogP contribution in [0.25, 0.3) is 0 Å². The van der Waals surface area contributed by atoms with E-state index in [0.717, 1.165) is 24.3 Å². The summed E-state index contributed by atoms with van der Waals surface area (Å²) in [6, 6.07) is -0.0791. The van der Waals surface area contributed by atoms with E-state index in [2.05, 4.69) is 15.5 Å². The third kappa shape index (κ3) is 3.69. The Balaban J connectivity index is 1.94. The first-order chi connectivity index (χ1) is 9.37. The van der Waals surface area contributed by atoms with Crippen LogP contribution in [0.4, 0.5) is 13.2 Å². The molecule has 1 aliphatic rings. The van der Waals surface area contributed by atoms with E-state index in [4.69, 9.17) is 4.52 Å². The van der Waals surface area contributed by atoms with E-state index in [-0.39, 0.29) is 11.9 Å². The summed E-state index contributed by atoms with van der Waals surface area (Å²) in [7, 11) is 1.28. The van der Waals surface area contributed by atoms with E-state index in [9.17, 15) is 18.0 Å². The quantitative estimate of drug-likeness (QED) is 0.911. The number of carbonyl (C=O) groups excluding carboxylic acids is 1. The molecule has 6 nitrogen and oxygen atoms in total. The first kappa shape index (κ1) is 14.8. The third-order valence-corrected chi connectivity index (χ3v) is 3.07. The Kier molecular flexibility index (Phi) is 4.26. The van der Waals surface area contributed by atoms with E-state index < -0.39 is 25.0 Å². The van der Waals surface area contributed by atoms with Crippen LogP contribution in [-0.2, 0) is 0 Å². The summed E-state index contributed by atoms with van der Waals surface area (Å²) < 4.78 is 41.3. The second-order valence-electron chi connectivity index (χ2n) is 4.70. The molecule has 9 heteroatoms. The summed E-state index contributed by atoms with van der Waals surface area (Å²) in [6.45, 7) is 0.399. The Labute approximate surface area is 113 Å². The summed E-state index contributed by atoms with van der Waals surface area (Å²) >= 11 is 0. The first-order valence-corrected chi connectivity index (χ1v) is 6.26. The van der Waals surface area contributed by atoms with E-state index in [1.807, 2.05) is 0 Å². The molecule has 1 atom stereocenters. The van der Waals surface area contributed by atoms with Gasteiger partial charge in [-0.2, -0.15) is 18.2 Å². The number of nitrogens with zero attached hydrogens (tertiary/aromatic N) is 3. The Morgan fingerprint density at radius 1 is 1.55 bits per heavy atom. The van der Waals surface area contributed by atoms with Crippen molar-refractivity contribution in [2.24, 2.45) is 0 Å². The van der Waals surface area contributed by atoms with Crippen molar-refractivity contribution in [2.45, 2.75) is 31.5 Å². The van der Waals surface area contributed by atoms with Crippen molar-refractivity contribution in [2.75, 3.05) is 20.1 Å². The van der Waals surface area contributed by atoms with Gasteiger partial charge in [-0.15, -0.1) is 0 Å². The van der Waals surface area contributed by atoms with Gasteiger partial charge in [-0.3, -0.25) is 4.79 Å². The third-order valence-electron chi connectivity index (χ3n) is 3.07. The van der Waals surface area contributed by atoms with Crippen LogP contribution in [0.2, 0.25) is 0 Å². The molecule has 1 aromatic heterocycles. The number of rotatable bonds is 4. The van der Waals surface area contributed by atoms with Crippen molar-refractivity contribution in [1.29, 1.82) is 0 Å². The van der Waals surface area contributed by atoms with E-state index in [1.165, 1.54) is 7.05 Å². The molecule has 0 radical (unpaired) electrons. The lowest BCUT2D eigenvalue weighted by Crippen LogP contribution is -2.31. The molecule has 1 saturated heterocycles. The molecule has 0 aromatic carbocycles. The molecule has 20 heavy (non-hydrogen) atoms. The van der Waals surface area contributed by atoms with E-state index >= 15 is 0 Å². The number of carbonyl (C=O) groups is 1. The van der Waals surface area contributed by atoms with E-state index in [1.54, 1.807) is 0 Å². The molecule has 1 unspecified atom stereocenters. The second kappa shape index (κ2) is 5.78. The van der Waals surface area contributed by atoms with Crippen LogP contribution >= 0.6 is 0 Å². The number of nitrogens with one attached hydrogen (secondary N) is 1. The monoisotopic (exact) mass is 292 g/mol. The van der Waals surface area contributed by atoms with Gasteiger partial charge in [0.15, 0.2) is 0 Å². The Bertz CT molecular complexity index is 468. The Morgan fingerprint density at radius 3 is 2.90 bits per heavy atom. The summed E-state index contributed by atoms with van der Waals surface area (Å²) in [5.41, 5.74) is 0. The highest BCUT2D eigenvalue weighted by atomic mass is 19.4. The average Bonchev–Trinajstić information content (AvgIpc) is 3.03. The van der Waals surface area contributed by atoms with Gasteiger partial charge < -0.3 is 14.7 Å². The molecular weight excluding hydrogens is 277 g/mol. The maximum Gasteiger partial charge on any atom is 0.390 e. The fraction of sp³-hybridized carbons (Fsp3) is 0.727. The van der Waals surface area contributed by atoms with Crippen molar-refractivity contribution in [3.63, 3.8) is 0 Å². The zero-order valence-corrected chi connectivity index (χ0v) is 10.9. The van der Waals surface area contributed by atoms with Gasteiger partial charge >= 0.3 is 6.18 Å². The number of alkyl halides is 3. The fourth-order valence-corrected chi connectivity index (χ4v) is 1.93. The largest absolute Gasteiger partial charge is 0.390 e. The van der Waals surface area contributed by atoms with Crippen LogP contribution in [0.1, 0.15) is 41.8 Å². The topological polar surface area (TPSA) is 71.3 Å². The van der Waals surface area contributed by atoms with Crippen molar-refractivity contribution < 1.29 is 22.5 Å². The highest BCUT2D eigenvalue weighted by Crippen LogP contribution is 2.22. The molecule has 1 amide bonds. The van der Waals surface area contributed by atoms with Gasteiger partial charge in [-0.1, -0.05) is 5.16 Å². The maximum atomic E-state index is 12.1. The fourth-order valence-electron chi connectivity index (χ4n) is 1.93. The maximum absolute atomic E-state index is 12.1. The van der Waals surface area contributed by atoms with Crippen molar-refractivity contribution in [3.05, 3.63) is 11.7 Å². The van der Waals surface area contributed by atoms with Crippen LogP contribution in [0.3, 0.4) is 0 Å². The molecule has 0 aliphatic carbocycles. The number of hydrogen-bond acceptors (Lipinski definition) is 5. The minimum Gasteiger partial charge on any atom is -0.339 e. The summed E-state index contributed by atoms with van der Waals surface area (Å²) in [5, 5.41) is 6.66. The molecule has 1 N–H and O–H groups in total. The minimum absolute atomic E-state index is 0.0791. The summed E-state index contributed by atoms with van der Waals surface area (Å²) in [4.78, 5) is 16.7. The van der Waals surface area contributed by atoms with Gasteiger partial charge in [0, 0.05) is 13.6 Å². The SMILES string of the molecule is CN(CCC(F)(F)F)C(=O)c1noc(C2CCCN2)n1. The summed E-state index contributed by atoms with van der Waals surface area (Å²) in [5.74, 6) is -0.587. The van der Waals surface area contributed by atoms with Crippen LogP contribution in [-0.4, -0.2) is 47.3 Å². The number of hydrogen-bond donors (Lipinski definition) is 1. The molecule has 1 fully saturated rings. The predicted octanol–water partition coefficient (Wildman–Crippen LogP) is 1.52. The molecule has 1 aromatic rings. The van der Waals surface area contributed by atoms with Crippen LogP contribution < -0.4 is 5.32 Å². The average molecular weight is 292 g/mol. The van der Waals surface area contributed by atoms with Crippen LogP contribution in [0, 0.1) is 0 Å². The van der Waals surface area contributed by atoms with Crippen molar-refractivity contribution in [1.82, 2.24) is 20.4 Å². The highest BCUT2D eigenvalue weighted by Gasteiger charge is 2.30. The lowest BCUT2D eigenvalue weighted by molar-refractivity contribution is -0.136. The van der Waals surface area contributed by atoms with Gasteiger partial charge in [0.05, 0.1) is 12.5 Å². The molecular formula is C11H15F3N4O2. The van der Waals surface area contributed by atoms with Gasteiger partial charge in [0.1, 0.15) is 0 Å². The zero-order valence-electron chi connectivity index (χ0n) is 10.9. The van der Waals surface area contributed by atoms with Crippen molar-refractivity contribution >= 4 is 5.91 Å². The Hall–Kier alpha value is -1.64. The smallest absolute Gasteiger partial charge is 0.339 e. The van der Waals surface area contributed by atoms with Gasteiger partial charge in [-0.05, 0) is 19.4 Å². The number of aromatic nitrogens is 2. The van der Waals surface area contributed by atoms with Gasteiger partial charge in [-0.25, -0.2) is 0 Å². The molecule has 2 heterocycles. The van der Waals surface area contributed by atoms with Gasteiger partial charge in [0.25, 0.3) is 11.7 Å². The first-order valence-electron chi connectivity index (χ1n) is 6.26.